The molecule has 0 aliphatic heterocycles. The molecule has 0 spiro atoms. The number of nitrogens with two attached hydrogens (primary N) is 1. The number of allylic oxidation sites excluding steroid dienone is 1. The fourth-order valence-electron chi connectivity index (χ4n) is 3.66. The molecule has 11 nitrogen and oxygen atoms in total. The third-order valence-electron chi connectivity index (χ3n) is 5.48. The van der Waals surface area contributed by atoms with E-state index in [1.54, 1.807) is 54.1 Å². The highest BCUT2D eigenvalue weighted by Gasteiger charge is 2.28. The summed E-state index contributed by atoms with van der Waals surface area (Å²) in [5.41, 5.74) is 2.52. The first-order valence-electron chi connectivity index (χ1n) is 10.6. The number of hydrogen-bond donors (Lipinski definition) is 1. The minimum atomic E-state index is -4.38. The van der Waals surface area contributed by atoms with Gasteiger partial charge in [-0.3, -0.25) is 15.1 Å². The SMILES string of the molecule is CC(=CN(N)S(=O)(=O)c1cc([N+](=O)[O-])ccc1N(C)Cc1ccccn1)c1cnn2ccc(Br)cc12. The Morgan fingerprint density at radius 2 is 2.03 bits per heavy atom. The lowest BCUT2D eigenvalue weighted by molar-refractivity contribution is -0.385. The van der Waals surface area contributed by atoms with Crippen LogP contribution in [0.4, 0.5) is 11.4 Å². The standard InChI is InChI=1S/C23H22BrN7O4S/c1-16(20-13-27-29-10-8-17(24)11-22(20)29)14-30(25)36(34,35)23-12-19(31(32)33)6-7-21(23)28(2)15-18-5-3-4-9-26-18/h3-14H,15,25H2,1-2H3. The number of rotatable bonds is 8. The van der Waals surface area contributed by atoms with Gasteiger partial charge in [-0.05, 0) is 42.8 Å². The van der Waals surface area contributed by atoms with E-state index in [2.05, 4.69) is 26.0 Å². The Hall–Kier alpha value is -3.81. The van der Waals surface area contributed by atoms with Gasteiger partial charge >= 0.3 is 0 Å². The molecule has 13 heteroatoms. The predicted octanol–water partition coefficient (Wildman–Crippen LogP) is 3.96. The van der Waals surface area contributed by atoms with Crippen LogP contribution in [0.25, 0.3) is 11.1 Å². The van der Waals surface area contributed by atoms with Crippen molar-refractivity contribution in [1.29, 1.82) is 0 Å². The van der Waals surface area contributed by atoms with Crippen molar-refractivity contribution in [3.63, 3.8) is 0 Å². The smallest absolute Gasteiger partial charge is 0.279 e. The van der Waals surface area contributed by atoms with Gasteiger partial charge in [0.25, 0.3) is 15.7 Å². The fraction of sp³-hybridized carbons (Fsp3) is 0.130. The number of non-ortho nitro benzene ring substituents is 1. The molecule has 186 valence electrons. The number of nitro benzene ring substituents is 1. The van der Waals surface area contributed by atoms with Gasteiger partial charge < -0.3 is 4.90 Å². The average molecular weight is 572 g/mol. The summed E-state index contributed by atoms with van der Waals surface area (Å²) in [4.78, 5) is 16.4. The molecule has 0 bridgehead atoms. The number of nitro groups is 1. The minimum Gasteiger partial charge on any atom is -0.368 e. The van der Waals surface area contributed by atoms with Gasteiger partial charge in [-0.2, -0.15) is 13.5 Å². The van der Waals surface area contributed by atoms with Crippen molar-refractivity contribution >= 4 is 48.4 Å². The van der Waals surface area contributed by atoms with Crippen LogP contribution in [-0.2, 0) is 16.6 Å². The number of halogens is 1. The maximum Gasteiger partial charge on any atom is 0.279 e. The molecule has 1 aromatic carbocycles. The number of sulfonamides is 1. The largest absolute Gasteiger partial charge is 0.368 e. The number of anilines is 1. The van der Waals surface area contributed by atoms with Crippen LogP contribution in [0.5, 0.6) is 0 Å². The Morgan fingerprint density at radius 3 is 2.72 bits per heavy atom. The molecule has 0 aliphatic carbocycles. The van der Waals surface area contributed by atoms with Crippen molar-refractivity contribution in [2.24, 2.45) is 5.84 Å². The quantitative estimate of drug-likeness (QED) is 0.190. The summed E-state index contributed by atoms with van der Waals surface area (Å²) in [5, 5.41) is 15.7. The molecule has 0 aliphatic rings. The Bertz CT molecular complexity index is 1570. The van der Waals surface area contributed by atoms with Gasteiger partial charge in [0, 0.05) is 47.8 Å². The second-order valence-corrected chi connectivity index (χ2v) is 10.7. The predicted molar refractivity (Wildman–Crippen MR) is 139 cm³/mol. The van der Waals surface area contributed by atoms with E-state index in [4.69, 9.17) is 5.84 Å². The Balaban J connectivity index is 1.74. The first kappa shape index (κ1) is 25.3. The molecule has 36 heavy (non-hydrogen) atoms. The van der Waals surface area contributed by atoms with E-state index >= 15 is 0 Å². The molecule has 0 atom stereocenters. The third kappa shape index (κ3) is 5.08. The molecule has 0 unspecified atom stereocenters. The number of nitrogens with zero attached hydrogens (tertiary/aromatic N) is 6. The molecule has 0 fully saturated rings. The fourth-order valence-corrected chi connectivity index (χ4v) is 5.28. The molecule has 0 radical (unpaired) electrons. The van der Waals surface area contributed by atoms with Crippen LogP contribution in [0.15, 0.2) is 82.7 Å². The summed E-state index contributed by atoms with van der Waals surface area (Å²) in [5.74, 6) is 6.04. The third-order valence-corrected chi connectivity index (χ3v) is 7.51. The molecular formula is C23H22BrN7O4S. The summed E-state index contributed by atoms with van der Waals surface area (Å²) in [6, 6.07) is 12.7. The molecule has 4 rings (SSSR count). The molecule has 0 amide bonds. The lowest BCUT2D eigenvalue weighted by atomic mass is 10.1. The van der Waals surface area contributed by atoms with Crippen LogP contribution < -0.4 is 10.7 Å². The monoisotopic (exact) mass is 571 g/mol. The van der Waals surface area contributed by atoms with Crippen molar-refractivity contribution in [1.82, 2.24) is 19.0 Å². The second-order valence-electron chi connectivity index (χ2n) is 7.97. The lowest BCUT2D eigenvalue weighted by Gasteiger charge is -2.24. The van der Waals surface area contributed by atoms with E-state index in [0.29, 0.717) is 21.2 Å². The van der Waals surface area contributed by atoms with Gasteiger partial charge in [0.2, 0.25) is 0 Å². The first-order chi connectivity index (χ1) is 17.1. The number of hydrogen-bond acceptors (Lipinski definition) is 8. The normalized spacial score (nSPS) is 12.1. The van der Waals surface area contributed by atoms with E-state index in [1.807, 2.05) is 18.2 Å². The maximum absolute atomic E-state index is 13.6. The minimum absolute atomic E-state index is 0.243. The summed E-state index contributed by atoms with van der Waals surface area (Å²) in [6.07, 6.45) is 6.26. The highest BCUT2D eigenvalue weighted by molar-refractivity contribution is 9.10. The average Bonchev–Trinajstić information content (AvgIpc) is 3.27. The van der Waals surface area contributed by atoms with Crippen LogP contribution >= 0.6 is 15.9 Å². The zero-order chi connectivity index (χ0) is 26.0. The van der Waals surface area contributed by atoms with Crippen molar-refractivity contribution in [2.45, 2.75) is 18.4 Å². The van der Waals surface area contributed by atoms with Gasteiger partial charge in [-0.25, -0.2) is 14.8 Å². The highest BCUT2D eigenvalue weighted by atomic mass is 79.9. The van der Waals surface area contributed by atoms with Crippen LogP contribution in [0.3, 0.4) is 0 Å². The Labute approximate surface area is 215 Å². The molecule has 4 aromatic rings. The summed E-state index contributed by atoms with van der Waals surface area (Å²) >= 11 is 3.42. The van der Waals surface area contributed by atoms with E-state index in [9.17, 15) is 18.5 Å². The van der Waals surface area contributed by atoms with Gasteiger partial charge in [-0.15, -0.1) is 0 Å². The number of hydrazine groups is 1. The van der Waals surface area contributed by atoms with E-state index in [0.717, 1.165) is 16.1 Å². The van der Waals surface area contributed by atoms with Crippen LogP contribution in [0, 0.1) is 10.1 Å². The van der Waals surface area contributed by atoms with Crippen molar-refractivity contribution in [3.8, 4) is 0 Å². The van der Waals surface area contributed by atoms with Crippen molar-refractivity contribution < 1.29 is 13.3 Å². The second kappa shape index (κ2) is 10.0. The van der Waals surface area contributed by atoms with Crippen LogP contribution in [0.2, 0.25) is 0 Å². The van der Waals surface area contributed by atoms with Crippen LogP contribution in [0.1, 0.15) is 18.2 Å². The zero-order valence-corrected chi connectivity index (χ0v) is 21.7. The molecule has 2 N–H and O–H groups in total. The summed E-state index contributed by atoms with van der Waals surface area (Å²) < 4.78 is 30.2. The first-order valence-corrected chi connectivity index (χ1v) is 12.8. The summed E-state index contributed by atoms with van der Waals surface area (Å²) in [6.45, 7) is 1.98. The van der Waals surface area contributed by atoms with Gasteiger partial charge in [0.05, 0.1) is 34.6 Å². The molecule has 3 aromatic heterocycles. The molecular weight excluding hydrogens is 550 g/mol. The van der Waals surface area contributed by atoms with Gasteiger partial charge in [0.15, 0.2) is 0 Å². The molecule has 0 saturated carbocycles. The number of fused-ring (bicyclic) bond motifs is 1. The number of benzene rings is 1. The number of aromatic nitrogens is 3. The zero-order valence-electron chi connectivity index (χ0n) is 19.3. The number of pyridine rings is 2. The van der Waals surface area contributed by atoms with Crippen molar-refractivity contribution in [3.05, 3.63) is 99.2 Å². The van der Waals surface area contributed by atoms with E-state index < -0.39 is 14.9 Å². The van der Waals surface area contributed by atoms with E-state index in [1.165, 1.54) is 18.3 Å². The van der Waals surface area contributed by atoms with E-state index in [-0.39, 0.29) is 22.8 Å². The van der Waals surface area contributed by atoms with Gasteiger partial charge in [-0.1, -0.05) is 22.0 Å². The highest BCUT2D eigenvalue weighted by Crippen LogP contribution is 2.32. The Morgan fingerprint density at radius 1 is 1.25 bits per heavy atom. The van der Waals surface area contributed by atoms with Gasteiger partial charge in [0.1, 0.15) is 4.90 Å². The Kier molecular flexibility index (Phi) is 7.06. The maximum atomic E-state index is 13.6. The molecule has 3 heterocycles. The van der Waals surface area contributed by atoms with Crippen molar-refractivity contribution in [2.75, 3.05) is 11.9 Å². The molecule has 0 saturated heterocycles. The lowest BCUT2D eigenvalue weighted by Crippen LogP contribution is -2.34. The van der Waals surface area contributed by atoms with Crippen LogP contribution in [-0.4, -0.2) is 39.4 Å². The summed E-state index contributed by atoms with van der Waals surface area (Å²) in [7, 11) is -2.70. The topological polar surface area (TPSA) is 140 Å².